The van der Waals surface area contributed by atoms with Crippen molar-refractivity contribution in [2.45, 2.75) is 25.6 Å². The Hall–Kier alpha value is -2.64. The van der Waals surface area contributed by atoms with E-state index in [0.29, 0.717) is 0 Å². The molecule has 0 bridgehead atoms. The predicted octanol–water partition coefficient (Wildman–Crippen LogP) is 2.14. The van der Waals surface area contributed by atoms with Crippen LogP contribution in [0.4, 0.5) is 13.2 Å². The van der Waals surface area contributed by atoms with Crippen LogP contribution in [-0.2, 0) is 14.3 Å². The number of allylic oxidation sites excluding steroid dienone is 1. The first kappa shape index (κ1) is 16.7. The van der Waals surface area contributed by atoms with E-state index >= 15 is 0 Å². The molecule has 1 heterocycles. The lowest BCUT2D eigenvalue weighted by Crippen LogP contribution is -2.64. The minimum absolute atomic E-state index is 0.0867. The Balaban J connectivity index is 2.56. The molecular formula is C15H12F3NO4. The van der Waals surface area contributed by atoms with Crippen LogP contribution in [0.5, 0.6) is 0 Å². The lowest BCUT2D eigenvalue weighted by molar-refractivity contribution is -0.195. The van der Waals surface area contributed by atoms with E-state index in [9.17, 15) is 27.6 Å². The van der Waals surface area contributed by atoms with Gasteiger partial charge in [-0.05, 0) is 26.0 Å². The highest BCUT2D eigenvalue weighted by Gasteiger charge is 2.69. The molecular weight excluding hydrogens is 315 g/mol. The van der Waals surface area contributed by atoms with Crippen molar-refractivity contribution >= 4 is 17.7 Å². The fourth-order valence-corrected chi connectivity index (χ4v) is 2.42. The van der Waals surface area contributed by atoms with E-state index in [1.807, 2.05) is 0 Å². The number of esters is 1. The minimum atomic E-state index is -5.24. The number of Topliss-reactive ketones (excluding diaryl/α,β-unsaturated/α-hetero) is 1. The number of ketones is 1. The predicted molar refractivity (Wildman–Crippen MR) is 72.2 cm³/mol. The van der Waals surface area contributed by atoms with E-state index in [1.54, 1.807) is 11.4 Å². The first-order chi connectivity index (χ1) is 10.6. The van der Waals surface area contributed by atoms with Crippen molar-refractivity contribution in [1.82, 2.24) is 5.32 Å². The van der Waals surface area contributed by atoms with Gasteiger partial charge in [-0.25, -0.2) is 4.79 Å². The smallest absolute Gasteiger partial charge is 0.427 e. The Bertz CT molecular complexity index is 709. The van der Waals surface area contributed by atoms with Gasteiger partial charge in [0.2, 0.25) is 0 Å². The average molecular weight is 327 g/mol. The highest BCUT2D eigenvalue weighted by molar-refractivity contribution is 6.10. The van der Waals surface area contributed by atoms with Crippen LogP contribution in [0.2, 0.25) is 0 Å². The number of cyclic esters (lactones) is 1. The van der Waals surface area contributed by atoms with Crippen LogP contribution in [0.15, 0.2) is 41.7 Å². The second kappa shape index (κ2) is 5.53. The summed E-state index contributed by atoms with van der Waals surface area (Å²) in [6.07, 6.45) is -5.24. The van der Waals surface area contributed by atoms with Gasteiger partial charge in [-0.15, -0.1) is 0 Å². The summed E-state index contributed by atoms with van der Waals surface area (Å²) >= 11 is 0. The molecule has 1 atom stereocenters. The molecule has 0 saturated carbocycles. The summed E-state index contributed by atoms with van der Waals surface area (Å²) < 4.78 is 45.4. The first-order valence-corrected chi connectivity index (χ1v) is 6.50. The normalized spacial score (nSPS) is 21.2. The third-order valence-corrected chi connectivity index (χ3v) is 3.39. The van der Waals surface area contributed by atoms with Crippen LogP contribution in [0.25, 0.3) is 0 Å². The Kier molecular flexibility index (Phi) is 4.02. The summed E-state index contributed by atoms with van der Waals surface area (Å²) in [5.41, 5.74) is -4.51. The van der Waals surface area contributed by atoms with Crippen molar-refractivity contribution in [1.29, 1.82) is 0 Å². The van der Waals surface area contributed by atoms with Gasteiger partial charge < -0.3 is 10.1 Å². The minimum Gasteiger partial charge on any atom is -0.429 e. The Morgan fingerprint density at radius 3 is 2.22 bits per heavy atom. The number of hydrogen-bond acceptors (Lipinski definition) is 4. The summed E-state index contributed by atoms with van der Waals surface area (Å²) in [5.74, 6) is -4.39. The number of alkyl halides is 3. The molecule has 1 aliphatic heterocycles. The Labute approximate surface area is 129 Å². The van der Waals surface area contributed by atoms with Gasteiger partial charge in [-0.1, -0.05) is 18.2 Å². The number of amides is 1. The molecule has 1 aromatic carbocycles. The second-order valence-electron chi connectivity index (χ2n) is 4.94. The zero-order valence-corrected chi connectivity index (χ0v) is 12.2. The largest absolute Gasteiger partial charge is 0.429 e. The fraction of sp³-hybridized carbons (Fsp3) is 0.267. The van der Waals surface area contributed by atoms with Crippen LogP contribution < -0.4 is 5.32 Å². The summed E-state index contributed by atoms with van der Waals surface area (Å²) in [6, 6.07) is 7.04. The molecule has 5 nitrogen and oxygen atoms in total. The number of carbonyl (C=O) groups is 3. The first-order valence-electron chi connectivity index (χ1n) is 6.50. The number of nitrogens with one attached hydrogen (secondary N) is 1. The fourth-order valence-electron chi connectivity index (χ4n) is 2.42. The molecule has 1 amide bonds. The highest BCUT2D eigenvalue weighted by atomic mass is 19.4. The van der Waals surface area contributed by atoms with Crippen molar-refractivity contribution in [3.05, 3.63) is 47.2 Å². The van der Waals surface area contributed by atoms with Gasteiger partial charge in [-0.2, -0.15) is 13.2 Å². The van der Waals surface area contributed by atoms with E-state index in [-0.39, 0.29) is 5.56 Å². The van der Waals surface area contributed by atoms with Crippen molar-refractivity contribution in [2.24, 2.45) is 0 Å². The maximum absolute atomic E-state index is 13.6. The molecule has 8 heteroatoms. The maximum atomic E-state index is 13.6. The molecule has 1 N–H and O–H groups in total. The van der Waals surface area contributed by atoms with Crippen molar-refractivity contribution in [3.63, 3.8) is 0 Å². The van der Waals surface area contributed by atoms with E-state index < -0.39 is 40.7 Å². The molecule has 23 heavy (non-hydrogen) atoms. The maximum Gasteiger partial charge on any atom is 0.427 e. The third-order valence-electron chi connectivity index (χ3n) is 3.39. The topological polar surface area (TPSA) is 72.5 Å². The third kappa shape index (κ3) is 2.60. The van der Waals surface area contributed by atoms with Gasteiger partial charge in [0.25, 0.3) is 11.4 Å². The molecule has 122 valence electrons. The number of ether oxygens (including phenoxy) is 1. The number of benzene rings is 1. The van der Waals surface area contributed by atoms with Gasteiger partial charge in [0.05, 0.1) is 5.57 Å². The molecule has 0 spiro atoms. The van der Waals surface area contributed by atoms with E-state index in [0.717, 1.165) is 13.8 Å². The van der Waals surface area contributed by atoms with Gasteiger partial charge >= 0.3 is 12.1 Å². The van der Waals surface area contributed by atoms with Crippen molar-refractivity contribution in [2.75, 3.05) is 0 Å². The molecule has 0 fully saturated rings. The van der Waals surface area contributed by atoms with Crippen molar-refractivity contribution < 1.29 is 32.3 Å². The van der Waals surface area contributed by atoms with Gasteiger partial charge in [0, 0.05) is 5.56 Å². The standard InChI is InChI=1S/C15H12F3NO4/c1-8(20)11-9(2)23-13(22)14(11,15(16,17)18)19-12(21)10-6-4-3-5-7-10/h3-7H,1-2H3,(H,19,21)/t14-/m0/s1. The highest BCUT2D eigenvalue weighted by Crippen LogP contribution is 2.43. The Morgan fingerprint density at radius 1 is 1.17 bits per heavy atom. The quantitative estimate of drug-likeness (QED) is 0.863. The van der Waals surface area contributed by atoms with E-state index in [2.05, 4.69) is 4.74 Å². The summed E-state index contributed by atoms with van der Waals surface area (Å²) in [7, 11) is 0. The lowest BCUT2D eigenvalue weighted by atomic mass is 9.86. The van der Waals surface area contributed by atoms with Crippen LogP contribution in [0, 0.1) is 0 Å². The molecule has 0 radical (unpaired) electrons. The zero-order chi connectivity index (χ0) is 17.4. The monoisotopic (exact) mass is 327 g/mol. The molecule has 0 unspecified atom stereocenters. The molecule has 2 rings (SSSR count). The number of rotatable bonds is 3. The number of halogens is 3. The van der Waals surface area contributed by atoms with Crippen LogP contribution in [0.3, 0.4) is 0 Å². The summed E-state index contributed by atoms with van der Waals surface area (Å²) in [5, 5.41) is 1.64. The average Bonchev–Trinajstić information content (AvgIpc) is 2.71. The van der Waals surface area contributed by atoms with Crippen LogP contribution in [-0.4, -0.2) is 29.4 Å². The molecule has 0 saturated heterocycles. The van der Waals surface area contributed by atoms with Crippen LogP contribution >= 0.6 is 0 Å². The van der Waals surface area contributed by atoms with Gasteiger partial charge in [0.1, 0.15) is 5.76 Å². The molecule has 1 aliphatic rings. The SMILES string of the molecule is CC(=O)C1=C(C)OC(=O)[C@]1(NC(=O)c1ccccc1)C(F)(F)F. The number of carbonyl (C=O) groups excluding carboxylic acids is 3. The Morgan fingerprint density at radius 2 is 1.74 bits per heavy atom. The molecule has 0 aromatic heterocycles. The van der Waals surface area contributed by atoms with Gasteiger partial charge in [-0.3, -0.25) is 9.59 Å². The molecule has 0 aliphatic carbocycles. The lowest BCUT2D eigenvalue weighted by Gasteiger charge is -2.30. The summed E-state index contributed by atoms with van der Waals surface area (Å²) in [4.78, 5) is 35.6. The van der Waals surface area contributed by atoms with Crippen LogP contribution in [0.1, 0.15) is 24.2 Å². The van der Waals surface area contributed by atoms with E-state index in [1.165, 1.54) is 24.3 Å². The number of hydrogen-bond donors (Lipinski definition) is 1. The molecule has 1 aromatic rings. The zero-order valence-electron chi connectivity index (χ0n) is 12.2. The van der Waals surface area contributed by atoms with E-state index in [4.69, 9.17) is 0 Å². The second-order valence-corrected chi connectivity index (χ2v) is 4.94. The summed E-state index contributed by atoms with van der Waals surface area (Å²) in [6.45, 7) is 1.94. The van der Waals surface area contributed by atoms with Crippen molar-refractivity contribution in [3.8, 4) is 0 Å². The van der Waals surface area contributed by atoms with Gasteiger partial charge in [0.15, 0.2) is 5.78 Å².